The summed E-state index contributed by atoms with van der Waals surface area (Å²) in [5.41, 5.74) is 8.54. The molecule has 2 aliphatic carbocycles. The molecule has 2 fully saturated rings. The molecule has 1 heteroatoms. The predicted molar refractivity (Wildman–Crippen MR) is 80.8 cm³/mol. The first kappa shape index (κ1) is 13.2. The Morgan fingerprint density at radius 3 is 2.16 bits per heavy atom. The van der Waals surface area contributed by atoms with Crippen molar-refractivity contribution in [2.75, 3.05) is 0 Å². The van der Waals surface area contributed by atoms with Crippen molar-refractivity contribution in [3.8, 4) is 0 Å². The summed E-state index contributed by atoms with van der Waals surface area (Å²) in [5, 5.41) is 0. The molecular weight excluding hydrogens is 230 g/mol. The van der Waals surface area contributed by atoms with Crippen LogP contribution in [0.15, 0.2) is 30.3 Å². The van der Waals surface area contributed by atoms with E-state index in [1.165, 1.54) is 63.4 Å². The first-order chi connectivity index (χ1) is 9.33. The SMILES string of the molecule is NC(c1ccccc1)C1(C2CCCC2)CCCCC1. The first-order valence-electron chi connectivity index (χ1n) is 8.13. The molecule has 1 atom stereocenters. The monoisotopic (exact) mass is 257 g/mol. The van der Waals surface area contributed by atoms with E-state index in [0.29, 0.717) is 5.41 Å². The number of hydrogen-bond acceptors (Lipinski definition) is 1. The Kier molecular flexibility index (Phi) is 3.93. The van der Waals surface area contributed by atoms with Gasteiger partial charge in [-0.1, -0.05) is 62.4 Å². The molecule has 0 bridgehead atoms. The second-order valence-corrected chi connectivity index (χ2v) is 6.66. The van der Waals surface area contributed by atoms with Gasteiger partial charge in [-0.25, -0.2) is 0 Å². The summed E-state index contributed by atoms with van der Waals surface area (Å²) in [6.07, 6.45) is 12.6. The number of rotatable bonds is 3. The number of nitrogens with two attached hydrogens (primary N) is 1. The van der Waals surface area contributed by atoms with Gasteiger partial charge in [0.1, 0.15) is 0 Å². The van der Waals surface area contributed by atoms with E-state index in [2.05, 4.69) is 30.3 Å². The number of benzene rings is 1. The molecule has 2 aliphatic rings. The van der Waals surface area contributed by atoms with Crippen molar-refractivity contribution in [2.24, 2.45) is 17.1 Å². The summed E-state index contributed by atoms with van der Waals surface area (Å²) in [5.74, 6) is 0.878. The molecule has 1 aromatic carbocycles. The van der Waals surface area contributed by atoms with Crippen LogP contribution in [0.5, 0.6) is 0 Å². The van der Waals surface area contributed by atoms with Crippen LogP contribution in [0.25, 0.3) is 0 Å². The summed E-state index contributed by atoms with van der Waals surface area (Å²) in [6, 6.07) is 11.1. The van der Waals surface area contributed by atoms with Crippen molar-refractivity contribution in [3.63, 3.8) is 0 Å². The quantitative estimate of drug-likeness (QED) is 0.825. The van der Waals surface area contributed by atoms with Crippen LogP contribution in [-0.2, 0) is 0 Å². The fourth-order valence-corrected chi connectivity index (χ4v) is 4.68. The highest BCUT2D eigenvalue weighted by molar-refractivity contribution is 5.22. The lowest BCUT2D eigenvalue weighted by atomic mass is 9.60. The van der Waals surface area contributed by atoms with Crippen LogP contribution in [-0.4, -0.2) is 0 Å². The maximum absolute atomic E-state index is 6.78. The van der Waals surface area contributed by atoms with Crippen LogP contribution in [0, 0.1) is 11.3 Å². The Labute approximate surface area is 117 Å². The molecular formula is C18H27N. The molecule has 0 aromatic heterocycles. The van der Waals surface area contributed by atoms with E-state index >= 15 is 0 Å². The van der Waals surface area contributed by atoms with Gasteiger partial charge < -0.3 is 5.73 Å². The first-order valence-corrected chi connectivity index (χ1v) is 8.13. The van der Waals surface area contributed by atoms with Crippen molar-refractivity contribution in [1.29, 1.82) is 0 Å². The molecule has 1 nitrogen and oxygen atoms in total. The smallest absolute Gasteiger partial charge is 0.0354 e. The van der Waals surface area contributed by atoms with Gasteiger partial charge in [0.25, 0.3) is 0 Å². The Morgan fingerprint density at radius 1 is 0.895 bits per heavy atom. The Morgan fingerprint density at radius 2 is 1.53 bits per heavy atom. The van der Waals surface area contributed by atoms with Crippen LogP contribution in [0.2, 0.25) is 0 Å². The zero-order chi connectivity index (χ0) is 13.1. The van der Waals surface area contributed by atoms with Gasteiger partial charge in [-0.2, -0.15) is 0 Å². The molecule has 0 saturated heterocycles. The summed E-state index contributed by atoms with van der Waals surface area (Å²) >= 11 is 0. The Hall–Kier alpha value is -0.820. The van der Waals surface area contributed by atoms with Crippen LogP contribution < -0.4 is 5.73 Å². The predicted octanol–water partition coefficient (Wildman–Crippen LogP) is 4.83. The molecule has 1 unspecified atom stereocenters. The third-order valence-corrected chi connectivity index (χ3v) is 5.73. The minimum Gasteiger partial charge on any atom is -0.323 e. The van der Waals surface area contributed by atoms with Gasteiger partial charge in [0.15, 0.2) is 0 Å². The van der Waals surface area contributed by atoms with E-state index in [9.17, 15) is 0 Å². The topological polar surface area (TPSA) is 26.0 Å². The van der Waals surface area contributed by atoms with E-state index in [0.717, 1.165) is 5.92 Å². The molecule has 0 heterocycles. The molecule has 3 rings (SSSR count). The van der Waals surface area contributed by atoms with Gasteiger partial charge in [-0.05, 0) is 42.6 Å². The zero-order valence-electron chi connectivity index (χ0n) is 12.0. The Bertz CT molecular complexity index is 385. The van der Waals surface area contributed by atoms with Gasteiger partial charge in [-0.15, -0.1) is 0 Å². The second kappa shape index (κ2) is 5.66. The number of hydrogen-bond donors (Lipinski definition) is 1. The third kappa shape index (κ3) is 2.45. The molecule has 0 amide bonds. The van der Waals surface area contributed by atoms with Gasteiger partial charge in [0.05, 0.1) is 0 Å². The maximum atomic E-state index is 6.78. The lowest BCUT2D eigenvalue weighted by Crippen LogP contribution is -2.41. The minimum absolute atomic E-state index is 0.247. The van der Waals surface area contributed by atoms with Gasteiger partial charge in [-0.3, -0.25) is 0 Å². The van der Waals surface area contributed by atoms with Crippen LogP contribution in [0.1, 0.15) is 69.4 Å². The summed E-state index contributed by atoms with van der Waals surface area (Å²) in [4.78, 5) is 0. The van der Waals surface area contributed by atoms with Crippen molar-refractivity contribution >= 4 is 0 Å². The molecule has 0 radical (unpaired) electrons. The summed E-state index contributed by atoms with van der Waals surface area (Å²) in [7, 11) is 0. The fraction of sp³-hybridized carbons (Fsp3) is 0.667. The van der Waals surface area contributed by atoms with Crippen molar-refractivity contribution < 1.29 is 0 Å². The lowest BCUT2D eigenvalue weighted by molar-refractivity contribution is 0.0647. The second-order valence-electron chi connectivity index (χ2n) is 6.66. The highest BCUT2D eigenvalue weighted by Crippen LogP contribution is 2.54. The molecule has 0 spiro atoms. The van der Waals surface area contributed by atoms with E-state index in [1.807, 2.05) is 0 Å². The average molecular weight is 257 g/mol. The molecule has 1 aromatic rings. The van der Waals surface area contributed by atoms with Gasteiger partial charge in [0, 0.05) is 6.04 Å². The highest BCUT2D eigenvalue weighted by Gasteiger charge is 2.45. The Balaban J connectivity index is 1.89. The van der Waals surface area contributed by atoms with Crippen LogP contribution in [0.4, 0.5) is 0 Å². The fourth-order valence-electron chi connectivity index (χ4n) is 4.68. The van der Waals surface area contributed by atoms with Gasteiger partial charge >= 0.3 is 0 Å². The zero-order valence-corrected chi connectivity index (χ0v) is 12.0. The lowest BCUT2D eigenvalue weighted by Gasteiger charge is -2.47. The summed E-state index contributed by atoms with van der Waals surface area (Å²) < 4.78 is 0. The largest absolute Gasteiger partial charge is 0.323 e. The molecule has 19 heavy (non-hydrogen) atoms. The molecule has 104 valence electrons. The third-order valence-electron chi connectivity index (χ3n) is 5.73. The normalized spacial score (nSPS) is 25.3. The maximum Gasteiger partial charge on any atom is 0.0354 e. The van der Waals surface area contributed by atoms with Crippen molar-refractivity contribution in [1.82, 2.24) is 0 Å². The van der Waals surface area contributed by atoms with E-state index in [-0.39, 0.29) is 6.04 Å². The molecule has 0 aliphatic heterocycles. The van der Waals surface area contributed by atoms with E-state index in [4.69, 9.17) is 5.73 Å². The van der Waals surface area contributed by atoms with Crippen LogP contribution in [0.3, 0.4) is 0 Å². The van der Waals surface area contributed by atoms with Crippen molar-refractivity contribution in [2.45, 2.75) is 63.8 Å². The molecule has 2 saturated carbocycles. The average Bonchev–Trinajstić information content (AvgIpc) is 3.03. The highest BCUT2D eigenvalue weighted by atomic mass is 14.7. The van der Waals surface area contributed by atoms with Gasteiger partial charge in [0.2, 0.25) is 0 Å². The van der Waals surface area contributed by atoms with Crippen LogP contribution >= 0.6 is 0 Å². The van der Waals surface area contributed by atoms with Crippen molar-refractivity contribution in [3.05, 3.63) is 35.9 Å². The molecule has 2 N–H and O–H groups in total. The van der Waals surface area contributed by atoms with E-state index < -0.39 is 0 Å². The summed E-state index contributed by atoms with van der Waals surface area (Å²) in [6.45, 7) is 0. The standard InChI is InChI=1S/C18H27N/c19-17(15-9-3-1-4-10-15)18(13-7-2-8-14-18)16-11-5-6-12-16/h1,3-4,9-10,16-17H,2,5-8,11-14,19H2. The minimum atomic E-state index is 0.247. The van der Waals surface area contributed by atoms with E-state index in [1.54, 1.807) is 0 Å².